The molecule has 0 saturated heterocycles. The fourth-order valence-electron chi connectivity index (χ4n) is 2.38. The van der Waals surface area contributed by atoms with Gasteiger partial charge in [-0.25, -0.2) is 13.1 Å². The fourth-order valence-corrected chi connectivity index (χ4v) is 3.13. The second kappa shape index (κ2) is 7.74. The first-order chi connectivity index (χ1) is 10.1. The van der Waals surface area contributed by atoms with Gasteiger partial charge in [0.15, 0.2) is 0 Å². The van der Waals surface area contributed by atoms with Gasteiger partial charge in [0.05, 0.1) is 18.3 Å². The minimum absolute atomic E-state index is 0.127. The second-order valence-corrected chi connectivity index (χ2v) is 7.94. The Morgan fingerprint density at radius 2 is 1.77 bits per heavy atom. The molecule has 0 spiro atoms. The molecule has 0 aromatic heterocycles. The number of sulfonamides is 1. The molecule has 1 amide bonds. The van der Waals surface area contributed by atoms with Crippen LogP contribution >= 0.6 is 0 Å². The largest absolute Gasteiger partial charge is 0.348 e. The first-order valence-electron chi connectivity index (χ1n) is 7.43. The molecule has 0 bridgehead atoms. The van der Waals surface area contributed by atoms with Crippen molar-refractivity contribution in [3.05, 3.63) is 35.4 Å². The van der Waals surface area contributed by atoms with Crippen LogP contribution in [0, 0.1) is 12.8 Å². The molecule has 1 rings (SSSR count). The Balaban J connectivity index is 2.91. The quantitative estimate of drug-likeness (QED) is 0.806. The van der Waals surface area contributed by atoms with Crippen LogP contribution < -0.4 is 10.0 Å². The fraction of sp³-hybridized carbons (Fsp3) is 0.562. The molecule has 0 aliphatic rings. The number of carbonyl (C=O) groups is 1. The summed E-state index contributed by atoms with van der Waals surface area (Å²) in [6, 6.07) is 6.98. The SMILES string of the molecule is Cc1ccccc1[C@H](CC(C)C)NC(=O)[C@H](C)NS(C)(=O)=O. The highest BCUT2D eigenvalue weighted by Crippen LogP contribution is 2.24. The zero-order valence-corrected chi connectivity index (χ0v) is 14.7. The zero-order chi connectivity index (χ0) is 16.9. The summed E-state index contributed by atoms with van der Waals surface area (Å²) in [5, 5.41) is 2.96. The smallest absolute Gasteiger partial charge is 0.238 e. The molecule has 0 fully saturated rings. The molecule has 1 aromatic rings. The van der Waals surface area contributed by atoms with E-state index in [0.29, 0.717) is 5.92 Å². The van der Waals surface area contributed by atoms with E-state index in [9.17, 15) is 13.2 Å². The van der Waals surface area contributed by atoms with Gasteiger partial charge in [-0.3, -0.25) is 4.79 Å². The number of carbonyl (C=O) groups excluding carboxylic acids is 1. The maximum atomic E-state index is 12.3. The van der Waals surface area contributed by atoms with Crippen molar-refractivity contribution in [2.24, 2.45) is 5.92 Å². The third-order valence-corrected chi connectivity index (χ3v) is 4.15. The summed E-state index contributed by atoms with van der Waals surface area (Å²) < 4.78 is 24.8. The molecule has 2 N–H and O–H groups in total. The van der Waals surface area contributed by atoms with E-state index in [-0.39, 0.29) is 11.9 Å². The molecular formula is C16H26N2O3S. The lowest BCUT2D eigenvalue weighted by atomic mass is 9.93. The Hall–Kier alpha value is -1.40. The molecule has 0 unspecified atom stereocenters. The van der Waals surface area contributed by atoms with E-state index < -0.39 is 16.1 Å². The third-order valence-electron chi connectivity index (χ3n) is 3.37. The third kappa shape index (κ3) is 6.15. The predicted molar refractivity (Wildman–Crippen MR) is 89.0 cm³/mol. The van der Waals surface area contributed by atoms with Gasteiger partial charge in [-0.2, -0.15) is 0 Å². The summed E-state index contributed by atoms with van der Waals surface area (Å²) in [7, 11) is -3.41. The molecule has 0 radical (unpaired) electrons. The number of nitrogens with one attached hydrogen (secondary N) is 2. The topological polar surface area (TPSA) is 75.3 Å². The number of amides is 1. The Bertz CT molecular complexity index is 612. The lowest BCUT2D eigenvalue weighted by molar-refractivity contribution is -0.123. The molecule has 124 valence electrons. The van der Waals surface area contributed by atoms with Crippen LogP contribution in [-0.4, -0.2) is 26.6 Å². The van der Waals surface area contributed by atoms with Gasteiger partial charge in [-0.15, -0.1) is 0 Å². The highest BCUT2D eigenvalue weighted by molar-refractivity contribution is 7.88. The summed E-state index contributed by atoms with van der Waals surface area (Å²) in [5.41, 5.74) is 2.17. The molecule has 0 heterocycles. The van der Waals surface area contributed by atoms with Crippen molar-refractivity contribution in [2.45, 2.75) is 46.2 Å². The van der Waals surface area contributed by atoms with Crippen molar-refractivity contribution < 1.29 is 13.2 Å². The summed E-state index contributed by atoms with van der Waals surface area (Å²) in [5.74, 6) is 0.0856. The lowest BCUT2D eigenvalue weighted by Crippen LogP contribution is -2.45. The minimum atomic E-state index is -3.41. The number of benzene rings is 1. The normalized spacial score (nSPS) is 14.6. The van der Waals surface area contributed by atoms with Crippen LogP contribution in [0.1, 0.15) is 44.4 Å². The van der Waals surface area contributed by atoms with Crippen molar-refractivity contribution in [3.63, 3.8) is 0 Å². The molecule has 0 aliphatic carbocycles. The average molecular weight is 326 g/mol. The van der Waals surface area contributed by atoms with Crippen molar-refractivity contribution >= 4 is 15.9 Å². The van der Waals surface area contributed by atoms with Crippen LogP contribution in [0.3, 0.4) is 0 Å². The Morgan fingerprint density at radius 3 is 2.27 bits per heavy atom. The van der Waals surface area contributed by atoms with Gasteiger partial charge in [-0.05, 0) is 37.3 Å². The summed E-state index contributed by atoms with van der Waals surface area (Å²) in [6.45, 7) is 7.74. The van der Waals surface area contributed by atoms with Crippen LogP contribution in [0.15, 0.2) is 24.3 Å². The van der Waals surface area contributed by atoms with Gasteiger partial charge in [0.2, 0.25) is 15.9 Å². The monoisotopic (exact) mass is 326 g/mol. The van der Waals surface area contributed by atoms with Gasteiger partial charge in [-0.1, -0.05) is 38.1 Å². The van der Waals surface area contributed by atoms with E-state index in [0.717, 1.165) is 23.8 Å². The number of hydrogen-bond acceptors (Lipinski definition) is 3. The van der Waals surface area contributed by atoms with Gasteiger partial charge < -0.3 is 5.32 Å². The Kier molecular flexibility index (Phi) is 6.56. The standard InChI is InChI=1S/C16H26N2O3S/c1-11(2)10-15(14-9-7-6-8-12(14)3)17-16(19)13(4)18-22(5,20)21/h6-9,11,13,15,18H,10H2,1-5H3,(H,17,19)/t13-,15-/m0/s1. The van der Waals surface area contributed by atoms with Crippen LogP contribution in [0.4, 0.5) is 0 Å². The van der Waals surface area contributed by atoms with E-state index in [1.54, 1.807) is 6.92 Å². The minimum Gasteiger partial charge on any atom is -0.348 e. The van der Waals surface area contributed by atoms with Gasteiger partial charge in [0.25, 0.3) is 0 Å². The molecule has 5 nitrogen and oxygen atoms in total. The highest BCUT2D eigenvalue weighted by Gasteiger charge is 2.22. The van der Waals surface area contributed by atoms with Crippen LogP contribution in [0.5, 0.6) is 0 Å². The predicted octanol–water partition coefficient (Wildman–Crippen LogP) is 2.14. The van der Waals surface area contributed by atoms with Gasteiger partial charge in [0, 0.05) is 0 Å². The maximum Gasteiger partial charge on any atom is 0.238 e. The lowest BCUT2D eigenvalue weighted by Gasteiger charge is -2.24. The molecule has 0 aliphatic heterocycles. The Labute approximate surface area is 133 Å². The van der Waals surface area contributed by atoms with Crippen LogP contribution in [0.2, 0.25) is 0 Å². The number of aryl methyl sites for hydroxylation is 1. The highest BCUT2D eigenvalue weighted by atomic mass is 32.2. The first kappa shape index (κ1) is 18.6. The van der Waals surface area contributed by atoms with Crippen molar-refractivity contribution in [1.29, 1.82) is 0 Å². The Morgan fingerprint density at radius 1 is 1.18 bits per heavy atom. The summed E-state index contributed by atoms with van der Waals surface area (Å²) in [4.78, 5) is 12.3. The average Bonchev–Trinajstić information content (AvgIpc) is 2.35. The number of rotatable bonds is 7. The van der Waals surface area contributed by atoms with Gasteiger partial charge in [0.1, 0.15) is 0 Å². The van der Waals surface area contributed by atoms with E-state index >= 15 is 0 Å². The van der Waals surface area contributed by atoms with E-state index in [2.05, 4.69) is 23.9 Å². The van der Waals surface area contributed by atoms with E-state index in [1.165, 1.54) is 0 Å². The molecular weight excluding hydrogens is 300 g/mol. The van der Waals surface area contributed by atoms with Gasteiger partial charge >= 0.3 is 0 Å². The zero-order valence-electron chi connectivity index (χ0n) is 13.9. The van der Waals surface area contributed by atoms with Crippen molar-refractivity contribution in [2.75, 3.05) is 6.26 Å². The molecule has 1 aromatic carbocycles. The van der Waals surface area contributed by atoms with E-state index in [4.69, 9.17) is 0 Å². The summed E-state index contributed by atoms with van der Waals surface area (Å²) in [6.07, 6.45) is 1.84. The second-order valence-electron chi connectivity index (χ2n) is 6.16. The van der Waals surface area contributed by atoms with Crippen LogP contribution in [-0.2, 0) is 14.8 Å². The van der Waals surface area contributed by atoms with Crippen molar-refractivity contribution in [1.82, 2.24) is 10.0 Å². The maximum absolute atomic E-state index is 12.3. The number of hydrogen-bond donors (Lipinski definition) is 2. The first-order valence-corrected chi connectivity index (χ1v) is 9.32. The van der Waals surface area contributed by atoms with E-state index in [1.807, 2.05) is 31.2 Å². The van der Waals surface area contributed by atoms with Crippen molar-refractivity contribution in [3.8, 4) is 0 Å². The molecule has 2 atom stereocenters. The molecule has 22 heavy (non-hydrogen) atoms. The molecule has 6 heteroatoms. The van der Waals surface area contributed by atoms with Crippen LogP contribution in [0.25, 0.3) is 0 Å². The summed E-state index contributed by atoms with van der Waals surface area (Å²) >= 11 is 0. The molecule has 0 saturated carbocycles.